The van der Waals surface area contributed by atoms with Gasteiger partial charge in [0.25, 0.3) is 6.92 Å². The summed E-state index contributed by atoms with van der Waals surface area (Å²) in [5.41, 5.74) is -0.321. The number of hydrogen-bond acceptors (Lipinski definition) is 3. The van der Waals surface area contributed by atoms with E-state index in [2.05, 4.69) is 27.7 Å². The van der Waals surface area contributed by atoms with Crippen LogP contribution in [0, 0.1) is 0 Å². The van der Waals surface area contributed by atoms with Crippen LogP contribution in [0.2, 0.25) is 20.5 Å². The quantitative estimate of drug-likeness (QED) is 0.607. The Bertz CT molecular complexity index is 162. The smallest absolute Gasteiger partial charge is 0.451 e. The van der Waals surface area contributed by atoms with Crippen LogP contribution < -0.4 is 0 Å². The zero-order valence-corrected chi connectivity index (χ0v) is 10.4. The van der Waals surface area contributed by atoms with E-state index in [4.69, 9.17) is 14.3 Å². The minimum absolute atomic E-state index is 0.0648. The molecule has 1 rings (SSSR count). The molecule has 3 nitrogen and oxygen atoms in total. The third kappa shape index (κ3) is 4.03. The van der Waals surface area contributed by atoms with Crippen LogP contribution in [0.4, 0.5) is 0 Å². The van der Waals surface area contributed by atoms with Crippen molar-refractivity contribution in [3.8, 4) is 0 Å². The Kier molecular flexibility index (Phi) is 4.69. The SMILES string of the molecule is CB(C)O.CB1OC(C)(C)C(C)(C)O1. The maximum atomic E-state index is 8.06. The average molecular weight is 200 g/mol. The highest BCUT2D eigenvalue weighted by atomic mass is 16.7. The largest absolute Gasteiger partial charge is 0.454 e. The van der Waals surface area contributed by atoms with Crippen LogP contribution in [0.25, 0.3) is 0 Å². The van der Waals surface area contributed by atoms with E-state index >= 15 is 0 Å². The van der Waals surface area contributed by atoms with Crippen molar-refractivity contribution >= 4 is 14.0 Å². The first-order valence-corrected chi connectivity index (χ1v) is 5.12. The summed E-state index contributed by atoms with van der Waals surface area (Å²) in [6, 6.07) is 0. The summed E-state index contributed by atoms with van der Waals surface area (Å²) in [5.74, 6) is 0. The second kappa shape index (κ2) is 4.69. The Morgan fingerprint density at radius 1 is 1.00 bits per heavy atom. The third-order valence-electron chi connectivity index (χ3n) is 2.37. The van der Waals surface area contributed by atoms with Crippen molar-refractivity contribution in [1.82, 2.24) is 0 Å². The van der Waals surface area contributed by atoms with E-state index in [1.165, 1.54) is 0 Å². The van der Waals surface area contributed by atoms with Gasteiger partial charge in [0.05, 0.1) is 11.2 Å². The van der Waals surface area contributed by atoms with Crippen molar-refractivity contribution in [1.29, 1.82) is 0 Å². The summed E-state index contributed by atoms with van der Waals surface area (Å²) in [6.45, 7) is 13.4. The Labute approximate surface area is 88.4 Å². The number of rotatable bonds is 0. The Balaban J connectivity index is 0.000000364. The fourth-order valence-corrected chi connectivity index (χ4v) is 1.14. The lowest BCUT2D eigenvalue weighted by atomic mass is 9.76. The first kappa shape index (κ1) is 14.0. The van der Waals surface area contributed by atoms with Crippen molar-refractivity contribution in [2.24, 2.45) is 0 Å². The van der Waals surface area contributed by atoms with Crippen LogP contribution in [0.3, 0.4) is 0 Å². The molecule has 14 heavy (non-hydrogen) atoms. The van der Waals surface area contributed by atoms with E-state index in [0.717, 1.165) is 0 Å². The number of hydrogen-bond donors (Lipinski definition) is 1. The molecule has 0 aromatic heterocycles. The van der Waals surface area contributed by atoms with Gasteiger partial charge in [-0.1, -0.05) is 13.6 Å². The zero-order chi connectivity index (χ0) is 11.6. The van der Waals surface area contributed by atoms with Crippen LogP contribution in [0.1, 0.15) is 27.7 Å². The van der Waals surface area contributed by atoms with E-state index in [0.29, 0.717) is 0 Å². The molecule has 1 heterocycles. The molecule has 1 aliphatic rings. The molecule has 0 bridgehead atoms. The van der Waals surface area contributed by atoms with E-state index in [1.54, 1.807) is 13.6 Å². The first-order valence-electron chi connectivity index (χ1n) is 5.12. The van der Waals surface area contributed by atoms with Crippen LogP contribution in [0.15, 0.2) is 0 Å². The summed E-state index contributed by atoms with van der Waals surface area (Å²) in [4.78, 5) is 0. The molecule has 0 radical (unpaired) electrons. The van der Waals surface area contributed by atoms with Gasteiger partial charge in [0, 0.05) is 0 Å². The van der Waals surface area contributed by atoms with Crippen LogP contribution >= 0.6 is 0 Å². The van der Waals surface area contributed by atoms with Crippen LogP contribution in [-0.2, 0) is 9.31 Å². The molecule has 0 unspecified atom stereocenters. The predicted molar refractivity (Wildman–Crippen MR) is 61.6 cm³/mol. The van der Waals surface area contributed by atoms with Gasteiger partial charge in [0.1, 0.15) is 0 Å². The lowest BCUT2D eigenvalue weighted by Crippen LogP contribution is -2.41. The third-order valence-corrected chi connectivity index (χ3v) is 2.37. The Hall–Kier alpha value is 0.00987. The fourth-order valence-electron chi connectivity index (χ4n) is 1.14. The van der Waals surface area contributed by atoms with Gasteiger partial charge in [0.2, 0.25) is 0 Å². The van der Waals surface area contributed by atoms with Crippen LogP contribution in [0.5, 0.6) is 0 Å². The van der Waals surface area contributed by atoms with Gasteiger partial charge in [-0.15, -0.1) is 0 Å². The summed E-state index contributed by atoms with van der Waals surface area (Å²) in [6.07, 6.45) is 0. The molecule has 0 spiro atoms. The van der Waals surface area contributed by atoms with E-state index in [1.807, 2.05) is 6.82 Å². The van der Waals surface area contributed by atoms with Gasteiger partial charge >= 0.3 is 7.12 Å². The molecule has 0 aromatic carbocycles. The second-order valence-electron chi connectivity index (χ2n) is 4.92. The lowest BCUT2D eigenvalue weighted by molar-refractivity contribution is 0.00578. The normalized spacial score (nSPS) is 22.7. The van der Waals surface area contributed by atoms with Crippen molar-refractivity contribution in [3.05, 3.63) is 0 Å². The van der Waals surface area contributed by atoms with E-state index in [-0.39, 0.29) is 25.2 Å². The summed E-state index contributed by atoms with van der Waals surface area (Å²) >= 11 is 0. The molecule has 1 N–H and O–H groups in total. The molecule has 1 aliphatic heterocycles. The molecular formula is C9H22B2O3. The molecular weight excluding hydrogens is 178 g/mol. The maximum Gasteiger partial charge on any atom is 0.454 e. The van der Waals surface area contributed by atoms with E-state index < -0.39 is 0 Å². The van der Waals surface area contributed by atoms with Crippen molar-refractivity contribution in [2.45, 2.75) is 59.4 Å². The van der Waals surface area contributed by atoms with E-state index in [9.17, 15) is 0 Å². The minimum atomic E-state index is -0.167. The molecule has 82 valence electrons. The highest BCUT2D eigenvalue weighted by Crippen LogP contribution is 2.36. The van der Waals surface area contributed by atoms with Crippen molar-refractivity contribution < 1.29 is 14.3 Å². The zero-order valence-electron chi connectivity index (χ0n) is 10.4. The van der Waals surface area contributed by atoms with Gasteiger partial charge in [0.15, 0.2) is 0 Å². The van der Waals surface area contributed by atoms with Gasteiger partial charge in [-0.25, -0.2) is 0 Å². The standard InChI is InChI=1S/C7H15BO2.C2H7BO/c1-6(2)7(3,4)10-8(5)9-6;1-3(2)4/h1-5H3;4H,1-2H3. The molecule has 0 aromatic rings. The molecule has 0 saturated carbocycles. The maximum absolute atomic E-state index is 8.06. The first-order chi connectivity index (χ1) is 6.08. The highest BCUT2D eigenvalue weighted by Gasteiger charge is 2.48. The Morgan fingerprint density at radius 2 is 1.21 bits per heavy atom. The average Bonchev–Trinajstić information content (AvgIpc) is 1.96. The Morgan fingerprint density at radius 3 is 1.29 bits per heavy atom. The minimum Gasteiger partial charge on any atom is -0.451 e. The summed E-state index contributed by atoms with van der Waals surface area (Å²) in [7, 11) is -0.0648. The predicted octanol–water partition coefficient (Wildman–Crippen LogP) is 1.94. The molecule has 1 saturated heterocycles. The van der Waals surface area contributed by atoms with Gasteiger partial charge in [-0.3, -0.25) is 0 Å². The summed E-state index contributed by atoms with van der Waals surface area (Å²) in [5, 5.41) is 8.06. The lowest BCUT2D eigenvalue weighted by Gasteiger charge is -2.32. The highest BCUT2D eigenvalue weighted by molar-refractivity contribution is 6.46. The molecule has 0 amide bonds. The molecule has 5 heteroatoms. The van der Waals surface area contributed by atoms with Gasteiger partial charge < -0.3 is 14.3 Å². The molecule has 1 fully saturated rings. The summed E-state index contributed by atoms with van der Waals surface area (Å²) < 4.78 is 11.1. The molecule has 0 aliphatic carbocycles. The van der Waals surface area contributed by atoms with Crippen molar-refractivity contribution in [3.63, 3.8) is 0 Å². The second-order valence-corrected chi connectivity index (χ2v) is 4.92. The monoisotopic (exact) mass is 200 g/mol. The fraction of sp³-hybridized carbons (Fsp3) is 1.00. The molecule has 0 atom stereocenters. The van der Waals surface area contributed by atoms with Gasteiger partial charge in [-0.05, 0) is 34.5 Å². The topological polar surface area (TPSA) is 38.7 Å². The van der Waals surface area contributed by atoms with Crippen LogP contribution in [-0.4, -0.2) is 30.3 Å². The van der Waals surface area contributed by atoms with Gasteiger partial charge in [-0.2, -0.15) is 0 Å². The van der Waals surface area contributed by atoms with Crippen molar-refractivity contribution in [2.75, 3.05) is 0 Å².